The maximum absolute atomic E-state index is 12.5. The Bertz CT molecular complexity index is 1030. The highest BCUT2D eigenvalue weighted by atomic mass is 32.1. The van der Waals surface area contributed by atoms with Crippen molar-refractivity contribution in [2.24, 2.45) is 0 Å². The van der Waals surface area contributed by atoms with Gasteiger partial charge < -0.3 is 14.8 Å². The van der Waals surface area contributed by atoms with E-state index in [4.69, 9.17) is 0 Å². The largest absolute Gasteiger partial charge is 0.466 e. The maximum atomic E-state index is 12.5. The number of aromatic nitrogens is 2. The molecule has 144 valence electrons. The van der Waals surface area contributed by atoms with E-state index in [-0.39, 0.29) is 10.6 Å². The van der Waals surface area contributed by atoms with Gasteiger partial charge in [0.25, 0.3) is 5.91 Å². The minimum atomic E-state index is -0.863. The number of hydrogen-bond acceptors (Lipinski definition) is 10. The van der Waals surface area contributed by atoms with Gasteiger partial charge in [-0.05, 0) is 17.5 Å². The zero-order valence-corrected chi connectivity index (χ0v) is 16.1. The number of nitrogens with zero attached hydrogens (tertiary/aromatic N) is 2. The standard InChI is InChI=1S/C17H13N3O6S2/c1-25-14(23)8-26-13(22)6-11(21)9-3-5-27-16(9)20-15(24)17-19-10-7-18-4-2-12(10)28-17/h2-5,7H,6,8H2,1H3,(H,20,24). The van der Waals surface area contributed by atoms with Gasteiger partial charge in [-0.25, -0.2) is 9.78 Å². The lowest BCUT2D eigenvalue weighted by atomic mass is 10.1. The number of hydrogen-bond donors (Lipinski definition) is 1. The van der Waals surface area contributed by atoms with Gasteiger partial charge in [0.1, 0.15) is 16.9 Å². The van der Waals surface area contributed by atoms with Crippen LogP contribution in [0.1, 0.15) is 26.6 Å². The first-order chi connectivity index (χ1) is 13.5. The summed E-state index contributed by atoms with van der Waals surface area (Å²) in [4.78, 5) is 55.6. The van der Waals surface area contributed by atoms with E-state index in [0.29, 0.717) is 10.5 Å². The van der Waals surface area contributed by atoms with Gasteiger partial charge in [0.05, 0.1) is 23.6 Å². The second-order valence-electron chi connectivity index (χ2n) is 5.32. The summed E-state index contributed by atoms with van der Waals surface area (Å²) in [6.45, 7) is -0.567. The quantitative estimate of drug-likeness (QED) is 0.351. The van der Waals surface area contributed by atoms with Crippen LogP contribution in [0.15, 0.2) is 29.9 Å². The van der Waals surface area contributed by atoms with Crippen molar-refractivity contribution in [1.29, 1.82) is 0 Å². The number of fused-ring (bicyclic) bond motifs is 1. The molecule has 0 radical (unpaired) electrons. The fraction of sp³-hybridized carbons (Fsp3) is 0.176. The summed E-state index contributed by atoms with van der Waals surface area (Å²) >= 11 is 2.34. The third kappa shape index (κ3) is 4.56. The summed E-state index contributed by atoms with van der Waals surface area (Å²) in [5.41, 5.74) is 0.782. The third-order valence-corrected chi connectivity index (χ3v) is 5.33. The number of amides is 1. The van der Waals surface area contributed by atoms with Crippen LogP contribution in [0.4, 0.5) is 5.00 Å². The highest BCUT2D eigenvalue weighted by Gasteiger charge is 2.21. The van der Waals surface area contributed by atoms with Gasteiger partial charge in [0, 0.05) is 6.20 Å². The molecule has 0 atom stereocenters. The predicted molar refractivity (Wildman–Crippen MR) is 102 cm³/mol. The Morgan fingerprint density at radius 3 is 2.75 bits per heavy atom. The molecule has 28 heavy (non-hydrogen) atoms. The highest BCUT2D eigenvalue weighted by Crippen LogP contribution is 2.27. The normalized spacial score (nSPS) is 10.5. The minimum Gasteiger partial charge on any atom is -0.466 e. The van der Waals surface area contributed by atoms with E-state index < -0.39 is 36.7 Å². The van der Waals surface area contributed by atoms with Gasteiger partial charge in [-0.15, -0.1) is 22.7 Å². The molecule has 1 amide bonds. The van der Waals surface area contributed by atoms with Crippen LogP contribution in [0.25, 0.3) is 10.2 Å². The smallest absolute Gasteiger partial charge is 0.344 e. The molecule has 0 aliphatic rings. The Hall–Kier alpha value is -3.18. The minimum absolute atomic E-state index is 0.177. The number of nitrogens with one attached hydrogen (secondary N) is 1. The summed E-state index contributed by atoms with van der Waals surface area (Å²) in [5.74, 6) is -2.60. The molecule has 11 heteroatoms. The van der Waals surface area contributed by atoms with Crippen molar-refractivity contribution < 1.29 is 28.7 Å². The lowest BCUT2D eigenvalue weighted by Gasteiger charge is -2.05. The van der Waals surface area contributed by atoms with Gasteiger partial charge in [-0.2, -0.15) is 0 Å². The van der Waals surface area contributed by atoms with Crippen LogP contribution in [0.5, 0.6) is 0 Å². The number of Topliss-reactive ketones (excluding diaryl/α,β-unsaturated/α-hetero) is 1. The Balaban J connectivity index is 1.65. The van der Waals surface area contributed by atoms with Crippen molar-refractivity contribution in [2.75, 3.05) is 19.0 Å². The lowest BCUT2D eigenvalue weighted by molar-refractivity contribution is -0.156. The number of methoxy groups -OCH3 is 1. The van der Waals surface area contributed by atoms with Crippen molar-refractivity contribution >= 4 is 61.5 Å². The van der Waals surface area contributed by atoms with Crippen LogP contribution in [-0.4, -0.2) is 47.3 Å². The number of ketones is 1. The number of thiazole rings is 1. The highest BCUT2D eigenvalue weighted by molar-refractivity contribution is 7.20. The SMILES string of the molecule is COC(=O)COC(=O)CC(=O)c1ccsc1NC(=O)c1nc2cnccc2s1. The molecule has 0 spiro atoms. The van der Waals surface area contributed by atoms with E-state index in [2.05, 4.69) is 24.8 Å². The number of carbonyl (C=O) groups excluding carboxylic acids is 4. The van der Waals surface area contributed by atoms with Crippen molar-refractivity contribution in [3.05, 3.63) is 40.5 Å². The van der Waals surface area contributed by atoms with Crippen molar-refractivity contribution in [2.45, 2.75) is 6.42 Å². The molecule has 3 heterocycles. The van der Waals surface area contributed by atoms with Crippen molar-refractivity contribution in [3.8, 4) is 0 Å². The molecule has 0 saturated carbocycles. The third-order valence-electron chi connectivity index (χ3n) is 3.46. The van der Waals surface area contributed by atoms with Crippen LogP contribution in [0.3, 0.4) is 0 Å². The van der Waals surface area contributed by atoms with Gasteiger partial charge in [-0.1, -0.05) is 0 Å². The van der Waals surface area contributed by atoms with Crippen LogP contribution >= 0.6 is 22.7 Å². The first-order valence-corrected chi connectivity index (χ1v) is 9.52. The van der Waals surface area contributed by atoms with Crippen LogP contribution in [0, 0.1) is 0 Å². The van der Waals surface area contributed by atoms with Gasteiger partial charge in [0.15, 0.2) is 17.4 Å². The number of anilines is 1. The zero-order valence-electron chi connectivity index (χ0n) is 14.5. The molecule has 0 saturated heterocycles. The fourth-order valence-corrected chi connectivity index (χ4v) is 3.76. The molecule has 3 aromatic rings. The molecule has 0 aromatic carbocycles. The molecule has 0 aliphatic heterocycles. The second kappa shape index (κ2) is 8.67. The second-order valence-corrected chi connectivity index (χ2v) is 7.26. The number of pyridine rings is 1. The monoisotopic (exact) mass is 419 g/mol. The van der Waals surface area contributed by atoms with E-state index >= 15 is 0 Å². The Morgan fingerprint density at radius 1 is 1.18 bits per heavy atom. The summed E-state index contributed by atoms with van der Waals surface area (Å²) in [5, 5.41) is 4.79. The average molecular weight is 419 g/mol. The van der Waals surface area contributed by atoms with E-state index in [1.807, 2.05) is 0 Å². The number of thiophene rings is 1. The molecule has 0 bridgehead atoms. The summed E-state index contributed by atoms with van der Waals surface area (Å²) in [6, 6.07) is 3.25. The topological polar surface area (TPSA) is 125 Å². The molecule has 3 rings (SSSR count). The maximum Gasteiger partial charge on any atom is 0.344 e. The molecular formula is C17H13N3O6S2. The summed E-state index contributed by atoms with van der Waals surface area (Å²) in [7, 11) is 1.16. The van der Waals surface area contributed by atoms with E-state index in [1.165, 1.54) is 17.4 Å². The molecule has 9 nitrogen and oxygen atoms in total. The number of esters is 2. The number of carbonyl (C=O) groups is 4. The molecule has 0 fully saturated rings. The number of rotatable bonds is 7. The fourth-order valence-electron chi connectivity index (χ4n) is 2.14. The van der Waals surface area contributed by atoms with Crippen molar-refractivity contribution in [1.82, 2.24) is 9.97 Å². The first kappa shape index (κ1) is 19.6. The summed E-state index contributed by atoms with van der Waals surface area (Å²) in [6.07, 6.45) is 2.60. The Morgan fingerprint density at radius 2 is 2.00 bits per heavy atom. The van der Waals surface area contributed by atoms with Gasteiger partial charge in [-0.3, -0.25) is 19.4 Å². The predicted octanol–water partition coefficient (Wildman–Crippen LogP) is 2.29. The molecule has 3 aromatic heterocycles. The summed E-state index contributed by atoms with van der Waals surface area (Å²) < 4.78 is 9.82. The average Bonchev–Trinajstić information content (AvgIpc) is 3.32. The van der Waals surface area contributed by atoms with Gasteiger partial charge in [0.2, 0.25) is 0 Å². The lowest BCUT2D eigenvalue weighted by Crippen LogP contribution is -2.18. The number of ether oxygens (including phenoxy) is 2. The van der Waals surface area contributed by atoms with E-state index in [1.54, 1.807) is 23.8 Å². The Kier molecular flexibility index (Phi) is 6.06. The molecular weight excluding hydrogens is 406 g/mol. The van der Waals surface area contributed by atoms with E-state index in [0.717, 1.165) is 23.1 Å². The van der Waals surface area contributed by atoms with E-state index in [9.17, 15) is 19.2 Å². The van der Waals surface area contributed by atoms with Crippen LogP contribution in [-0.2, 0) is 19.1 Å². The molecule has 0 aliphatic carbocycles. The van der Waals surface area contributed by atoms with Crippen LogP contribution in [0.2, 0.25) is 0 Å². The molecule has 1 N–H and O–H groups in total. The van der Waals surface area contributed by atoms with Crippen LogP contribution < -0.4 is 5.32 Å². The zero-order chi connectivity index (χ0) is 20.1. The first-order valence-electron chi connectivity index (χ1n) is 7.83. The molecule has 0 unspecified atom stereocenters. The van der Waals surface area contributed by atoms with Crippen molar-refractivity contribution in [3.63, 3.8) is 0 Å². The Labute approximate surface area is 166 Å². The van der Waals surface area contributed by atoms with Gasteiger partial charge >= 0.3 is 11.9 Å².